The van der Waals surface area contributed by atoms with E-state index < -0.39 is 16.4 Å². The van der Waals surface area contributed by atoms with Crippen LogP contribution in [0.5, 0.6) is 5.75 Å². The Morgan fingerprint density at radius 1 is 1.22 bits per heavy atom. The van der Waals surface area contributed by atoms with Crippen molar-refractivity contribution in [2.45, 2.75) is 6.92 Å². The number of nitro groups is 1. The van der Waals surface area contributed by atoms with E-state index in [9.17, 15) is 20.0 Å². The van der Waals surface area contributed by atoms with Gasteiger partial charge in [-0.1, -0.05) is 29.8 Å². The van der Waals surface area contributed by atoms with Crippen molar-refractivity contribution in [1.82, 2.24) is 5.43 Å². The van der Waals surface area contributed by atoms with E-state index in [1.54, 1.807) is 0 Å². The number of nitro benzene ring substituents is 1. The Balaban J connectivity index is 1.75. The molecule has 0 fully saturated rings. The minimum Gasteiger partial charge on any atom is -0.502 e. The van der Waals surface area contributed by atoms with Crippen molar-refractivity contribution in [2.24, 2.45) is 5.10 Å². The van der Waals surface area contributed by atoms with Gasteiger partial charge < -0.3 is 5.11 Å². The van der Waals surface area contributed by atoms with Gasteiger partial charge in [0.2, 0.25) is 0 Å². The predicted octanol–water partition coefficient (Wildman–Crippen LogP) is 4.10. The standard InChI is InChI=1S/C19H15N3O4S/c1-12-2-5-14(6-3-12)15-8-9-27-18(15)19(24)21-20-11-13-4-7-17(23)16(10-13)22(25)26/h2-11,23H,1H3,(H,21,24)/b20-11+. The largest absolute Gasteiger partial charge is 0.502 e. The average molecular weight is 381 g/mol. The summed E-state index contributed by atoms with van der Waals surface area (Å²) in [5, 5.41) is 26.0. The molecule has 0 saturated heterocycles. The molecular formula is C19H15N3O4S. The van der Waals surface area contributed by atoms with E-state index in [4.69, 9.17) is 0 Å². The summed E-state index contributed by atoms with van der Waals surface area (Å²) in [4.78, 5) is 23.1. The van der Waals surface area contributed by atoms with E-state index in [0.717, 1.165) is 16.7 Å². The van der Waals surface area contributed by atoms with Crippen LogP contribution >= 0.6 is 11.3 Å². The highest BCUT2D eigenvalue weighted by Crippen LogP contribution is 2.28. The molecule has 7 nitrogen and oxygen atoms in total. The first kappa shape index (κ1) is 18.3. The van der Waals surface area contributed by atoms with Gasteiger partial charge in [0.25, 0.3) is 5.91 Å². The molecule has 136 valence electrons. The maximum absolute atomic E-state index is 12.4. The van der Waals surface area contributed by atoms with Gasteiger partial charge in [0.1, 0.15) is 4.88 Å². The molecule has 0 saturated carbocycles. The number of aryl methyl sites for hydroxylation is 1. The smallest absolute Gasteiger partial charge is 0.311 e. The number of carbonyl (C=O) groups is 1. The molecule has 2 aromatic carbocycles. The van der Waals surface area contributed by atoms with E-state index >= 15 is 0 Å². The number of hydrogen-bond donors (Lipinski definition) is 2. The molecule has 0 bridgehead atoms. The number of hydrogen-bond acceptors (Lipinski definition) is 6. The summed E-state index contributed by atoms with van der Waals surface area (Å²) in [6.45, 7) is 1.99. The van der Waals surface area contributed by atoms with Gasteiger partial charge in [0.05, 0.1) is 11.1 Å². The number of benzene rings is 2. The van der Waals surface area contributed by atoms with Gasteiger partial charge >= 0.3 is 5.69 Å². The van der Waals surface area contributed by atoms with E-state index in [-0.39, 0.29) is 5.91 Å². The van der Waals surface area contributed by atoms with Crippen molar-refractivity contribution < 1.29 is 14.8 Å². The third-order valence-corrected chi connectivity index (χ3v) is 4.72. The van der Waals surface area contributed by atoms with Crippen LogP contribution in [0.2, 0.25) is 0 Å². The van der Waals surface area contributed by atoms with Crippen LogP contribution in [0.1, 0.15) is 20.8 Å². The number of nitrogens with zero attached hydrogens (tertiary/aromatic N) is 2. The number of carbonyl (C=O) groups excluding carboxylic acids is 1. The number of hydrazone groups is 1. The SMILES string of the molecule is Cc1ccc(-c2ccsc2C(=O)N/N=C/c2ccc(O)c([N+](=O)[O-])c2)cc1. The molecule has 27 heavy (non-hydrogen) atoms. The molecule has 8 heteroatoms. The van der Waals surface area contributed by atoms with Crippen LogP contribution in [0.25, 0.3) is 11.1 Å². The van der Waals surface area contributed by atoms with Crippen LogP contribution in [-0.2, 0) is 0 Å². The lowest BCUT2D eigenvalue weighted by Gasteiger charge is -2.04. The molecule has 0 spiro atoms. The number of thiophene rings is 1. The van der Waals surface area contributed by atoms with Gasteiger partial charge in [-0.2, -0.15) is 5.10 Å². The maximum Gasteiger partial charge on any atom is 0.311 e. The van der Waals surface area contributed by atoms with E-state index in [1.807, 2.05) is 42.6 Å². The van der Waals surface area contributed by atoms with E-state index in [2.05, 4.69) is 10.5 Å². The summed E-state index contributed by atoms with van der Waals surface area (Å²) < 4.78 is 0. The van der Waals surface area contributed by atoms with Crippen LogP contribution < -0.4 is 5.43 Å². The van der Waals surface area contributed by atoms with Gasteiger partial charge in [0.15, 0.2) is 5.75 Å². The molecule has 0 radical (unpaired) electrons. The van der Waals surface area contributed by atoms with Gasteiger partial charge in [-0.25, -0.2) is 5.43 Å². The van der Waals surface area contributed by atoms with Crippen molar-refractivity contribution in [3.63, 3.8) is 0 Å². The number of amides is 1. The topological polar surface area (TPSA) is 105 Å². The van der Waals surface area contributed by atoms with E-state index in [1.165, 1.54) is 35.8 Å². The number of phenolic OH excluding ortho intramolecular Hbond substituents is 1. The number of phenols is 1. The van der Waals surface area contributed by atoms with Crippen molar-refractivity contribution in [1.29, 1.82) is 0 Å². The van der Waals surface area contributed by atoms with E-state index in [0.29, 0.717) is 10.4 Å². The maximum atomic E-state index is 12.4. The lowest BCUT2D eigenvalue weighted by atomic mass is 10.1. The molecule has 0 atom stereocenters. The van der Waals surface area contributed by atoms with Crippen LogP contribution in [0, 0.1) is 17.0 Å². The summed E-state index contributed by atoms with van der Waals surface area (Å²) in [5.74, 6) is -0.799. The summed E-state index contributed by atoms with van der Waals surface area (Å²) >= 11 is 1.30. The second-order valence-corrected chi connectivity index (χ2v) is 6.65. The highest BCUT2D eigenvalue weighted by Gasteiger charge is 2.15. The quantitative estimate of drug-likeness (QED) is 0.394. The fourth-order valence-corrected chi connectivity index (χ4v) is 3.23. The van der Waals surface area contributed by atoms with Crippen LogP contribution in [-0.4, -0.2) is 22.2 Å². The zero-order chi connectivity index (χ0) is 19.4. The molecule has 0 aliphatic rings. The molecule has 1 aromatic heterocycles. The van der Waals surface area contributed by atoms with Gasteiger partial charge in [-0.05, 0) is 36.1 Å². The van der Waals surface area contributed by atoms with Crippen molar-refractivity contribution >= 4 is 29.1 Å². The third kappa shape index (κ3) is 4.18. The Kier molecular flexibility index (Phi) is 5.28. The first-order valence-electron chi connectivity index (χ1n) is 7.91. The van der Waals surface area contributed by atoms with Crippen molar-refractivity contribution in [3.05, 3.63) is 80.0 Å². The highest BCUT2D eigenvalue weighted by atomic mass is 32.1. The summed E-state index contributed by atoms with van der Waals surface area (Å²) in [6.07, 6.45) is 1.28. The molecule has 1 amide bonds. The second-order valence-electron chi connectivity index (χ2n) is 5.73. The fraction of sp³-hybridized carbons (Fsp3) is 0.0526. The predicted molar refractivity (Wildman–Crippen MR) is 104 cm³/mol. The molecule has 3 rings (SSSR count). The first-order valence-corrected chi connectivity index (χ1v) is 8.79. The lowest BCUT2D eigenvalue weighted by molar-refractivity contribution is -0.385. The highest BCUT2D eigenvalue weighted by molar-refractivity contribution is 7.12. The molecule has 0 aliphatic carbocycles. The summed E-state index contributed by atoms with van der Waals surface area (Å²) in [7, 11) is 0. The summed E-state index contributed by atoms with van der Waals surface area (Å²) in [5.41, 5.74) is 5.26. The Morgan fingerprint density at radius 3 is 2.67 bits per heavy atom. The molecule has 3 aromatic rings. The Hall–Kier alpha value is -3.52. The first-order chi connectivity index (χ1) is 13.0. The monoisotopic (exact) mass is 381 g/mol. The van der Waals surface area contributed by atoms with Crippen LogP contribution in [0.3, 0.4) is 0 Å². The fourth-order valence-electron chi connectivity index (χ4n) is 2.43. The van der Waals surface area contributed by atoms with Crippen LogP contribution in [0.15, 0.2) is 59.0 Å². The normalized spacial score (nSPS) is 10.9. The minimum absolute atomic E-state index is 0.370. The average Bonchev–Trinajstić information content (AvgIpc) is 3.13. The number of rotatable bonds is 5. The number of nitrogens with one attached hydrogen (secondary N) is 1. The van der Waals surface area contributed by atoms with Crippen molar-refractivity contribution in [2.75, 3.05) is 0 Å². The minimum atomic E-state index is -0.690. The molecular weight excluding hydrogens is 366 g/mol. The Morgan fingerprint density at radius 2 is 1.96 bits per heavy atom. The Bertz CT molecular complexity index is 1030. The zero-order valence-electron chi connectivity index (χ0n) is 14.2. The second kappa shape index (κ2) is 7.79. The zero-order valence-corrected chi connectivity index (χ0v) is 15.1. The number of aromatic hydroxyl groups is 1. The Labute approximate surface area is 158 Å². The molecule has 0 unspecified atom stereocenters. The molecule has 2 N–H and O–H groups in total. The van der Waals surface area contributed by atoms with Gasteiger partial charge in [0, 0.05) is 17.2 Å². The van der Waals surface area contributed by atoms with Gasteiger partial charge in [-0.3, -0.25) is 14.9 Å². The molecule has 1 heterocycles. The van der Waals surface area contributed by atoms with Crippen LogP contribution in [0.4, 0.5) is 5.69 Å². The van der Waals surface area contributed by atoms with Crippen molar-refractivity contribution in [3.8, 4) is 16.9 Å². The molecule has 0 aliphatic heterocycles. The van der Waals surface area contributed by atoms with Gasteiger partial charge in [-0.15, -0.1) is 11.3 Å². The summed E-state index contributed by atoms with van der Waals surface area (Å²) in [6, 6.07) is 13.6. The lowest BCUT2D eigenvalue weighted by Crippen LogP contribution is -2.17. The third-order valence-electron chi connectivity index (χ3n) is 3.81.